The lowest BCUT2D eigenvalue weighted by atomic mass is 9.87. The van der Waals surface area contributed by atoms with Gasteiger partial charge in [-0.15, -0.1) is 0 Å². The molecule has 8 nitrogen and oxygen atoms in total. The highest BCUT2D eigenvalue weighted by Gasteiger charge is 2.29. The van der Waals surface area contributed by atoms with Crippen LogP contribution in [-0.4, -0.2) is 55.3 Å². The van der Waals surface area contributed by atoms with Gasteiger partial charge in [-0.05, 0) is 59.5 Å². The molecule has 37 heavy (non-hydrogen) atoms. The minimum atomic E-state index is -0.332. The van der Waals surface area contributed by atoms with Gasteiger partial charge in [0.05, 0.1) is 32.4 Å². The van der Waals surface area contributed by atoms with Gasteiger partial charge in [0, 0.05) is 19.0 Å². The zero-order valence-corrected chi connectivity index (χ0v) is 20.8. The normalized spacial score (nSPS) is 15.0. The van der Waals surface area contributed by atoms with Gasteiger partial charge < -0.3 is 19.1 Å². The summed E-state index contributed by atoms with van der Waals surface area (Å²) >= 11 is 0. The van der Waals surface area contributed by atoms with Crippen molar-refractivity contribution in [1.29, 1.82) is 0 Å². The first kappa shape index (κ1) is 24.3. The third-order valence-corrected chi connectivity index (χ3v) is 6.59. The van der Waals surface area contributed by atoms with E-state index in [2.05, 4.69) is 15.3 Å². The van der Waals surface area contributed by atoms with Crippen molar-refractivity contribution in [2.45, 2.75) is 12.3 Å². The summed E-state index contributed by atoms with van der Waals surface area (Å²) in [7, 11) is 4.67. The van der Waals surface area contributed by atoms with E-state index < -0.39 is 0 Å². The van der Waals surface area contributed by atoms with E-state index in [1.165, 1.54) is 19.2 Å². The zero-order valence-electron chi connectivity index (χ0n) is 20.8. The summed E-state index contributed by atoms with van der Waals surface area (Å²) < 4.78 is 30.2. The molecule has 190 valence electrons. The van der Waals surface area contributed by atoms with Crippen molar-refractivity contribution >= 4 is 22.9 Å². The second kappa shape index (κ2) is 10.3. The van der Waals surface area contributed by atoms with Crippen LogP contribution >= 0.6 is 0 Å². The van der Waals surface area contributed by atoms with E-state index in [9.17, 15) is 9.18 Å². The highest BCUT2D eigenvalue weighted by atomic mass is 19.1. The first-order chi connectivity index (χ1) is 18.0. The summed E-state index contributed by atoms with van der Waals surface area (Å²) in [5.41, 5.74) is 4.23. The van der Waals surface area contributed by atoms with Crippen molar-refractivity contribution in [2.24, 2.45) is 0 Å². The fourth-order valence-electron chi connectivity index (χ4n) is 4.70. The summed E-state index contributed by atoms with van der Waals surface area (Å²) in [5, 5.41) is 2.88. The molecular weight excluding hydrogens is 475 g/mol. The van der Waals surface area contributed by atoms with E-state index in [1.807, 2.05) is 36.4 Å². The number of fused-ring (bicyclic) bond motifs is 2. The average molecular weight is 503 g/mol. The molecule has 1 atom stereocenters. The highest BCUT2D eigenvalue weighted by Crippen LogP contribution is 2.39. The van der Waals surface area contributed by atoms with E-state index in [0.29, 0.717) is 42.0 Å². The van der Waals surface area contributed by atoms with Gasteiger partial charge in [0.15, 0.2) is 17.3 Å². The molecule has 0 aliphatic carbocycles. The van der Waals surface area contributed by atoms with E-state index in [1.54, 1.807) is 31.3 Å². The zero-order chi connectivity index (χ0) is 25.9. The van der Waals surface area contributed by atoms with Gasteiger partial charge in [0.1, 0.15) is 5.82 Å². The Balaban J connectivity index is 1.50. The summed E-state index contributed by atoms with van der Waals surface area (Å²) in [4.78, 5) is 24.3. The number of amides is 2. The number of aromatic nitrogens is 2. The molecule has 0 saturated heterocycles. The molecule has 0 radical (unpaired) electrons. The minimum Gasteiger partial charge on any atom is -0.493 e. The molecule has 3 aromatic carbocycles. The first-order valence-electron chi connectivity index (χ1n) is 11.9. The average Bonchev–Trinajstić information content (AvgIpc) is 3.11. The highest BCUT2D eigenvalue weighted by molar-refractivity contribution is 5.91. The van der Waals surface area contributed by atoms with E-state index >= 15 is 0 Å². The Morgan fingerprint density at radius 2 is 1.62 bits per heavy atom. The first-order valence-corrected chi connectivity index (χ1v) is 11.9. The topological polar surface area (TPSA) is 85.8 Å². The number of methoxy groups -OCH3 is 3. The maximum Gasteiger partial charge on any atom is 0.323 e. The minimum absolute atomic E-state index is 0.215. The van der Waals surface area contributed by atoms with Crippen LogP contribution in [0, 0.1) is 5.82 Å². The number of carbonyl (C=O) groups is 1. The molecule has 0 bridgehead atoms. The Kier molecular flexibility index (Phi) is 6.76. The Morgan fingerprint density at radius 1 is 0.946 bits per heavy atom. The second-order valence-electron chi connectivity index (χ2n) is 8.71. The van der Waals surface area contributed by atoms with Crippen LogP contribution in [0.4, 0.5) is 15.0 Å². The Bertz CT molecular complexity index is 1440. The lowest BCUT2D eigenvalue weighted by Crippen LogP contribution is -2.38. The number of ether oxygens (including phenoxy) is 3. The maximum absolute atomic E-state index is 13.7. The summed E-state index contributed by atoms with van der Waals surface area (Å²) in [6.07, 6.45) is 0.599. The smallest absolute Gasteiger partial charge is 0.323 e. The number of anilines is 1. The molecule has 0 spiro atoms. The number of nitrogens with one attached hydrogen (secondary N) is 1. The Hall–Kier alpha value is -4.40. The largest absolute Gasteiger partial charge is 0.493 e. The van der Waals surface area contributed by atoms with Crippen LogP contribution in [0.15, 0.2) is 60.7 Å². The van der Waals surface area contributed by atoms with Crippen LogP contribution < -0.4 is 19.5 Å². The van der Waals surface area contributed by atoms with Crippen LogP contribution in [0.2, 0.25) is 0 Å². The van der Waals surface area contributed by atoms with Gasteiger partial charge in [-0.2, -0.15) is 0 Å². The third kappa shape index (κ3) is 4.84. The lowest BCUT2D eigenvalue weighted by Gasteiger charge is -2.26. The van der Waals surface area contributed by atoms with Gasteiger partial charge in [-0.3, -0.25) is 5.32 Å². The maximum atomic E-state index is 13.7. The number of benzene rings is 3. The van der Waals surface area contributed by atoms with Crippen molar-refractivity contribution in [2.75, 3.05) is 39.7 Å². The van der Waals surface area contributed by atoms with Gasteiger partial charge in [-0.1, -0.05) is 24.3 Å². The number of rotatable bonds is 5. The standard InChI is InChI=1S/C28H27FN4O4/c1-35-24-14-18-12-13-33(16-21(20(18)15-25(24)36-2)17-8-10-19(29)11-9-17)28(34)32-26-27(37-3)31-23-7-5-4-6-22(23)30-26/h4-11,14-15,21H,12-13,16H2,1-3H3,(H,30,32,34). The number of para-hydroxylation sites is 2. The summed E-state index contributed by atoms with van der Waals surface area (Å²) in [5.74, 6) is 1.16. The SMILES string of the molecule is COc1cc2c(cc1OC)C(c1ccc(F)cc1)CN(C(=O)Nc1nc3ccccc3nc1OC)CC2. The van der Waals surface area contributed by atoms with Crippen LogP contribution in [0.25, 0.3) is 11.0 Å². The van der Waals surface area contributed by atoms with Crippen molar-refractivity contribution in [1.82, 2.24) is 14.9 Å². The fourth-order valence-corrected chi connectivity index (χ4v) is 4.70. The van der Waals surface area contributed by atoms with Crippen molar-refractivity contribution in [3.63, 3.8) is 0 Å². The van der Waals surface area contributed by atoms with Crippen LogP contribution in [-0.2, 0) is 6.42 Å². The number of nitrogens with zero attached hydrogens (tertiary/aromatic N) is 3. The van der Waals surface area contributed by atoms with Gasteiger partial charge >= 0.3 is 6.03 Å². The van der Waals surface area contributed by atoms with E-state index in [0.717, 1.165) is 16.7 Å². The molecule has 0 saturated carbocycles. The van der Waals surface area contributed by atoms with Crippen LogP contribution in [0.5, 0.6) is 17.4 Å². The molecule has 1 aliphatic rings. The number of hydrogen-bond donors (Lipinski definition) is 1. The van der Waals surface area contributed by atoms with Gasteiger partial charge in [0.2, 0.25) is 0 Å². The molecule has 1 unspecified atom stereocenters. The molecule has 4 aromatic rings. The van der Waals surface area contributed by atoms with E-state index in [-0.39, 0.29) is 29.5 Å². The molecule has 2 heterocycles. The van der Waals surface area contributed by atoms with E-state index in [4.69, 9.17) is 14.2 Å². The van der Waals surface area contributed by atoms with Gasteiger partial charge in [0.25, 0.3) is 5.88 Å². The Labute approximate surface area is 214 Å². The third-order valence-electron chi connectivity index (χ3n) is 6.59. The molecule has 1 aromatic heterocycles. The second-order valence-corrected chi connectivity index (χ2v) is 8.71. The Morgan fingerprint density at radius 3 is 2.30 bits per heavy atom. The lowest BCUT2D eigenvalue weighted by molar-refractivity contribution is 0.212. The number of carbonyl (C=O) groups excluding carboxylic acids is 1. The molecular formula is C28H27FN4O4. The number of halogens is 1. The predicted molar refractivity (Wildman–Crippen MR) is 138 cm³/mol. The molecule has 0 fully saturated rings. The van der Waals surface area contributed by atoms with Gasteiger partial charge in [-0.25, -0.2) is 19.2 Å². The predicted octanol–water partition coefficient (Wildman–Crippen LogP) is 5.02. The van der Waals surface area contributed by atoms with Crippen molar-refractivity contribution in [3.8, 4) is 17.4 Å². The molecule has 5 rings (SSSR count). The van der Waals surface area contributed by atoms with Crippen molar-refractivity contribution < 1.29 is 23.4 Å². The quantitative estimate of drug-likeness (QED) is 0.413. The number of urea groups is 1. The molecule has 1 aliphatic heterocycles. The summed E-state index contributed by atoms with van der Waals surface area (Å²) in [6.45, 7) is 0.818. The van der Waals surface area contributed by atoms with Crippen LogP contribution in [0.1, 0.15) is 22.6 Å². The summed E-state index contributed by atoms with van der Waals surface area (Å²) in [6, 6.07) is 17.3. The monoisotopic (exact) mass is 502 g/mol. The molecule has 2 amide bonds. The van der Waals surface area contributed by atoms with Crippen molar-refractivity contribution in [3.05, 3.63) is 83.2 Å². The van der Waals surface area contributed by atoms with Crippen LogP contribution in [0.3, 0.4) is 0 Å². The molecule has 1 N–H and O–H groups in total. The fraction of sp³-hybridized carbons (Fsp3) is 0.250. The molecule has 9 heteroatoms. The number of hydrogen-bond acceptors (Lipinski definition) is 6.